The Kier molecular flexibility index (Phi) is 4.71. The highest BCUT2D eigenvalue weighted by Gasteiger charge is 2.43. The Balaban J connectivity index is 2.63. The molecule has 0 amide bonds. The first kappa shape index (κ1) is 12.3. The molecule has 1 aliphatic rings. The molecule has 1 fully saturated rings. The van der Waals surface area contributed by atoms with Gasteiger partial charge in [-0.05, 0) is 0 Å². The third-order valence-corrected chi connectivity index (χ3v) is 2.39. The van der Waals surface area contributed by atoms with Gasteiger partial charge >= 0.3 is 0 Å². The quantitative estimate of drug-likeness (QED) is 0.596. The molecule has 1 saturated heterocycles. The van der Waals surface area contributed by atoms with E-state index in [9.17, 15) is 15.3 Å². The summed E-state index contributed by atoms with van der Waals surface area (Å²) in [5.74, 6) is 0. The summed E-state index contributed by atoms with van der Waals surface area (Å²) in [4.78, 5) is 0. The van der Waals surface area contributed by atoms with Gasteiger partial charge in [0.25, 0.3) is 0 Å². The van der Waals surface area contributed by atoms with E-state index in [0.29, 0.717) is 0 Å². The second-order valence-electron chi connectivity index (χ2n) is 3.03. The largest absolute Gasteiger partial charge is 0.387 e. The SMILES string of the molecule is CO[C@H]1O[C@H](COBr)[C@@H](O)[C@H](O)[C@H]1O. The Morgan fingerprint density at radius 3 is 2.36 bits per heavy atom. The highest BCUT2D eigenvalue weighted by molar-refractivity contribution is 9.06. The van der Waals surface area contributed by atoms with Gasteiger partial charge in [-0.3, -0.25) is 0 Å². The number of aliphatic hydroxyl groups is 3. The lowest BCUT2D eigenvalue weighted by atomic mass is 9.99. The predicted molar refractivity (Wildman–Crippen MR) is 48.6 cm³/mol. The standard InChI is InChI=1S/C7H13BrO6/c1-12-7-6(11)5(10)4(9)3(14-7)2-13-8/h3-7,9-11H,2H2,1H3/t3-,4-,5+,6-,7+/m1/s1. The summed E-state index contributed by atoms with van der Waals surface area (Å²) in [7, 11) is 1.34. The van der Waals surface area contributed by atoms with Gasteiger partial charge in [0.15, 0.2) is 6.29 Å². The van der Waals surface area contributed by atoms with E-state index in [1.54, 1.807) is 0 Å². The van der Waals surface area contributed by atoms with Crippen molar-refractivity contribution in [1.82, 2.24) is 0 Å². The molecule has 1 heterocycles. The van der Waals surface area contributed by atoms with E-state index in [2.05, 4.69) is 20.1 Å². The molecule has 1 rings (SSSR count). The van der Waals surface area contributed by atoms with E-state index >= 15 is 0 Å². The molecule has 0 unspecified atom stereocenters. The molecular weight excluding hydrogens is 260 g/mol. The van der Waals surface area contributed by atoms with Gasteiger partial charge in [-0.25, -0.2) is 0 Å². The van der Waals surface area contributed by atoms with Crippen molar-refractivity contribution in [3.8, 4) is 0 Å². The molecule has 3 N–H and O–H groups in total. The van der Waals surface area contributed by atoms with Gasteiger partial charge in [0.05, 0.1) is 22.9 Å². The minimum Gasteiger partial charge on any atom is -0.387 e. The molecule has 5 atom stereocenters. The third-order valence-electron chi connectivity index (χ3n) is 2.13. The zero-order chi connectivity index (χ0) is 10.7. The number of aliphatic hydroxyl groups excluding tert-OH is 3. The summed E-state index contributed by atoms with van der Waals surface area (Å²) in [6, 6.07) is 0. The number of hydrogen-bond donors (Lipinski definition) is 3. The highest BCUT2D eigenvalue weighted by Crippen LogP contribution is 2.22. The maximum atomic E-state index is 9.46. The Bertz CT molecular complexity index is 176. The van der Waals surface area contributed by atoms with Crippen LogP contribution in [0.15, 0.2) is 0 Å². The smallest absolute Gasteiger partial charge is 0.186 e. The van der Waals surface area contributed by atoms with Gasteiger partial charge < -0.3 is 28.6 Å². The third kappa shape index (κ3) is 2.43. The first-order chi connectivity index (χ1) is 6.61. The van der Waals surface area contributed by atoms with Crippen molar-refractivity contribution < 1.29 is 28.6 Å². The molecule has 0 aromatic rings. The van der Waals surface area contributed by atoms with E-state index in [-0.39, 0.29) is 6.61 Å². The molecule has 0 radical (unpaired) electrons. The molecule has 84 valence electrons. The maximum absolute atomic E-state index is 9.46. The van der Waals surface area contributed by atoms with Crippen molar-refractivity contribution in [2.45, 2.75) is 30.7 Å². The van der Waals surface area contributed by atoms with Crippen molar-refractivity contribution in [2.75, 3.05) is 13.7 Å². The molecule has 0 aliphatic carbocycles. The Hall–Kier alpha value is 0.240. The lowest BCUT2D eigenvalue weighted by Crippen LogP contribution is -2.58. The van der Waals surface area contributed by atoms with Gasteiger partial charge in [-0.2, -0.15) is 0 Å². The fraction of sp³-hybridized carbons (Fsp3) is 1.00. The molecule has 0 bridgehead atoms. The number of methoxy groups -OCH3 is 1. The van der Waals surface area contributed by atoms with Crippen LogP contribution in [0.3, 0.4) is 0 Å². The molecule has 1 aliphatic heterocycles. The summed E-state index contributed by atoms with van der Waals surface area (Å²) in [6.45, 7) is 0.0464. The van der Waals surface area contributed by atoms with Crippen LogP contribution in [0, 0.1) is 0 Å². The van der Waals surface area contributed by atoms with Crippen LogP contribution in [0.4, 0.5) is 0 Å². The predicted octanol–water partition coefficient (Wildman–Crippen LogP) is -1.23. The van der Waals surface area contributed by atoms with Crippen LogP contribution in [0.2, 0.25) is 0 Å². The normalized spacial score (nSPS) is 43.9. The van der Waals surface area contributed by atoms with Gasteiger partial charge in [-0.1, -0.05) is 0 Å². The monoisotopic (exact) mass is 272 g/mol. The highest BCUT2D eigenvalue weighted by atomic mass is 79.9. The van der Waals surface area contributed by atoms with E-state index in [1.165, 1.54) is 7.11 Å². The van der Waals surface area contributed by atoms with Crippen LogP contribution in [-0.2, 0) is 13.3 Å². The fourth-order valence-electron chi connectivity index (χ4n) is 1.31. The Morgan fingerprint density at radius 1 is 1.21 bits per heavy atom. The zero-order valence-corrected chi connectivity index (χ0v) is 9.12. The molecule has 14 heavy (non-hydrogen) atoms. The van der Waals surface area contributed by atoms with Gasteiger partial charge in [0.1, 0.15) is 24.4 Å². The summed E-state index contributed by atoms with van der Waals surface area (Å²) < 4.78 is 14.5. The summed E-state index contributed by atoms with van der Waals surface area (Å²) in [5.41, 5.74) is 0. The zero-order valence-electron chi connectivity index (χ0n) is 7.54. The minimum atomic E-state index is -1.30. The summed E-state index contributed by atoms with van der Waals surface area (Å²) in [5, 5.41) is 28.3. The van der Waals surface area contributed by atoms with Crippen molar-refractivity contribution in [2.24, 2.45) is 0 Å². The Morgan fingerprint density at radius 2 is 1.86 bits per heavy atom. The summed E-state index contributed by atoms with van der Waals surface area (Å²) >= 11 is 2.71. The van der Waals surface area contributed by atoms with E-state index in [0.717, 1.165) is 0 Å². The van der Waals surface area contributed by atoms with E-state index in [4.69, 9.17) is 9.47 Å². The molecule has 0 aromatic heterocycles. The molecule has 6 nitrogen and oxygen atoms in total. The molecule has 0 saturated carbocycles. The van der Waals surface area contributed by atoms with Crippen molar-refractivity contribution in [3.63, 3.8) is 0 Å². The van der Waals surface area contributed by atoms with Crippen LogP contribution >= 0.6 is 16.3 Å². The van der Waals surface area contributed by atoms with E-state index in [1.807, 2.05) is 0 Å². The Labute approximate surface area is 89.8 Å². The number of hydrogen-bond acceptors (Lipinski definition) is 6. The molecule has 0 spiro atoms. The van der Waals surface area contributed by atoms with Crippen LogP contribution < -0.4 is 0 Å². The first-order valence-electron chi connectivity index (χ1n) is 4.07. The minimum absolute atomic E-state index is 0.0464. The second-order valence-corrected chi connectivity index (χ2v) is 3.48. The van der Waals surface area contributed by atoms with Crippen molar-refractivity contribution in [1.29, 1.82) is 0 Å². The number of halogens is 1. The maximum Gasteiger partial charge on any atom is 0.186 e. The van der Waals surface area contributed by atoms with Crippen molar-refractivity contribution >= 4 is 16.3 Å². The lowest BCUT2D eigenvalue weighted by Gasteiger charge is -2.39. The van der Waals surface area contributed by atoms with Crippen LogP contribution in [-0.4, -0.2) is 59.7 Å². The first-order valence-corrected chi connectivity index (χ1v) is 4.72. The topological polar surface area (TPSA) is 88.4 Å². The number of ether oxygens (including phenoxy) is 2. The van der Waals surface area contributed by atoms with E-state index < -0.39 is 30.7 Å². The molecule has 7 heteroatoms. The van der Waals surface area contributed by atoms with Gasteiger partial charge in [0.2, 0.25) is 0 Å². The van der Waals surface area contributed by atoms with Gasteiger partial charge in [-0.15, -0.1) is 0 Å². The average molecular weight is 273 g/mol. The molecule has 0 aromatic carbocycles. The fourth-order valence-corrected chi connectivity index (χ4v) is 1.57. The summed E-state index contributed by atoms with van der Waals surface area (Å²) in [6.07, 6.45) is -5.46. The van der Waals surface area contributed by atoms with Crippen LogP contribution in [0.25, 0.3) is 0 Å². The van der Waals surface area contributed by atoms with Crippen LogP contribution in [0.5, 0.6) is 0 Å². The average Bonchev–Trinajstić information content (AvgIpc) is 2.19. The lowest BCUT2D eigenvalue weighted by molar-refractivity contribution is -0.292. The molecular formula is C7H13BrO6. The van der Waals surface area contributed by atoms with Crippen LogP contribution in [0.1, 0.15) is 0 Å². The van der Waals surface area contributed by atoms with Crippen molar-refractivity contribution in [3.05, 3.63) is 0 Å². The van der Waals surface area contributed by atoms with Gasteiger partial charge in [0, 0.05) is 7.11 Å². The second kappa shape index (κ2) is 5.36. The number of rotatable bonds is 3.